The van der Waals surface area contributed by atoms with Crippen LogP contribution in [0.15, 0.2) is 42.3 Å². The Balaban J connectivity index is 0.000000497. The molecule has 0 amide bonds. The molecule has 110 valence electrons. The van der Waals surface area contributed by atoms with Gasteiger partial charge in [-0.15, -0.1) is 4.91 Å². The summed E-state index contributed by atoms with van der Waals surface area (Å²) in [6, 6.07) is 4.52. The summed E-state index contributed by atoms with van der Waals surface area (Å²) in [6.45, 7) is 4.35. The Labute approximate surface area is 121 Å². The Morgan fingerprint density at radius 1 is 1.48 bits per heavy atom. The maximum Gasteiger partial charge on any atom is 0.152 e. The molecule has 0 aliphatic heterocycles. The summed E-state index contributed by atoms with van der Waals surface area (Å²) in [5.74, 6) is 0. The topological polar surface area (TPSA) is 96.2 Å². The lowest BCUT2D eigenvalue weighted by atomic mass is 10.1. The van der Waals surface area contributed by atoms with E-state index in [1.807, 2.05) is 29.3 Å². The highest BCUT2D eigenvalue weighted by Gasteiger charge is 2.09. The van der Waals surface area contributed by atoms with E-state index >= 15 is 0 Å². The van der Waals surface area contributed by atoms with E-state index in [4.69, 9.17) is 10.1 Å². The van der Waals surface area contributed by atoms with Crippen molar-refractivity contribution in [1.82, 2.24) is 19.7 Å². The van der Waals surface area contributed by atoms with E-state index in [1.165, 1.54) is 10.9 Å². The first-order valence-corrected chi connectivity index (χ1v) is 6.64. The largest absolute Gasteiger partial charge is 0.379 e. The fourth-order valence-electron chi connectivity index (χ4n) is 2.12. The molecule has 0 saturated heterocycles. The Hall–Kier alpha value is -2.70. The first-order chi connectivity index (χ1) is 10.2. The van der Waals surface area contributed by atoms with Crippen molar-refractivity contribution in [3.05, 3.63) is 41.8 Å². The van der Waals surface area contributed by atoms with Crippen LogP contribution in [0.25, 0.3) is 22.2 Å². The average molecular weight is 287 g/mol. The Kier molecular flexibility index (Phi) is 4.65. The van der Waals surface area contributed by atoms with E-state index in [0.717, 1.165) is 23.0 Å². The quantitative estimate of drug-likeness (QED) is 0.568. The number of fused-ring (bicyclic) bond motifs is 1. The molecule has 0 radical (unpaired) electrons. The van der Waals surface area contributed by atoms with Crippen LogP contribution in [0.4, 0.5) is 0 Å². The molecule has 7 nitrogen and oxygen atoms in total. The molecule has 0 fully saturated rings. The van der Waals surface area contributed by atoms with Crippen LogP contribution >= 0.6 is 0 Å². The number of hydrogen-bond acceptors (Lipinski definition) is 4. The molecule has 0 spiro atoms. The Morgan fingerprint density at radius 3 is 2.95 bits per heavy atom. The average Bonchev–Trinajstić information content (AvgIpc) is 3.15. The molecule has 0 saturated carbocycles. The molecule has 2 N–H and O–H groups in total. The zero-order chi connectivity index (χ0) is 15.2. The second-order valence-electron chi connectivity index (χ2n) is 4.65. The first kappa shape index (κ1) is 14.7. The highest BCUT2D eigenvalue weighted by molar-refractivity contribution is 5.92. The van der Waals surface area contributed by atoms with Crippen molar-refractivity contribution in [2.75, 3.05) is 0 Å². The van der Waals surface area contributed by atoms with Gasteiger partial charge >= 0.3 is 0 Å². The van der Waals surface area contributed by atoms with Gasteiger partial charge in [0, 0.05) is 35.6 Å². The molecule has 3 aromatic rings. The molecule has 0 bridgehead atoms. The first-order valence-electron chi connectivity index (χ1n) is 6.64. The molecule has 1 unspecified atom stereocenters. The molecule has 3 rings (SSSR count). The van der Waals surface area contributed by atoms with Gasteiger partial charge in [0.05, 0.1) is 6.20 Å². The third kappa shape index (κ3) is 3.07. The SMILES string of the molecule is CCC(C)n1cc(-c2ccnc3[nH]ccc23)cn1.O=NO. The summed E-state index contributed by atoms with van der Waals surface area (Å²) < 4.78 is 2.02. The van der Waals surface area contributed by atoms with Crippen molar-refractivity contribution in [2.24, 2.45) is 5.34 Å². The lowest BCUT2D eigenvalue weighted by Crippen LogP contribution is -2.03. The minimum atomic E-state index is 0.433. The Morgan fingerprint density at radius 2 is 2.24 bits per heavy atom. The van der Waals surface area contributed by atoms with Gasteiger partial charge in [0.1, 0.15) is 5.65 Å². The summed E-state index contributed by atoms with van der Waals surface area (Å²) in [4.78, 5) is 15.5. The van der Waals surface area contributed by atoms with Gasteiger partial charge in [-0.3, -0.25) is 4.68 Å². The molecule has 0 aliphatic carbocycles. The van der Waals surface area contributed by atoms with Gasteiger partial charge in [0.15, 0.2) is 5.34 Å². The van der Waals surface area contributed by atoms with E-state index in [2.05, 4.69) is 41.2 Å². The molecule has 7 heteroatoms. The van der Waals surface area contributed by atoms with Crippen molar-refractivity contribution < 1.29 is 5.21 Å². The summed E-state index contributed by atoms with van der Waals surface area (Å²) >= 11 is 0. The lowest BCUT2D eigenvalue weighted by Gasteiger charge is -2.07. The fourth-order valence-corrected chi connectivity index (χ4v) is 2.12. The monoisotopic (exact) mass is 287 g/mol. The number of rotatable bonds is 3. The minimum Gasteiger partial charge on any atom is -0.379 e. The molecule has 1 atom stereocenters. The molecule has 3 heterocycles. The van der Waals surface area contributed by atoms with E-state index in [1.54, 1.807) is 0 Å². The van der Waals surface area contributed by atoms with Crippen molar-refractivity contribution in [1.29, 1.82) is 0 Å². The van der Waals surface area contributed by atoms with Crippen LogP contribution < -0.4 is 0 Å². The van der Waals surface area contributed by atoms with Gasteiger partial charge in [-0.25, -0.2) is 4.98 Å². The van der Waals surface area contributed by atoms with Gasteiger partial charge in [-0.1, -0.05) is 6.92 Å². The van der Waals surface area contributed by atoms with Crippen LogP contribution in [0.5, 0.6) is 0 Å². The van der Waals surface area contributed by atoms with Crippen LogP contribution in [0.1, 0.15) is 26.3 Å². The van der Waals surface area contributed by atoms with Crippen LogP contribution in [0.2, 0.25) is 0 Å². The second-order valence-corrected chi connectivity index (χ2v) is 4.65. The second kappa shape index (κ2) is 6.65. The third-order valence-electron chi connectivity index (χ3n) is 3.42. The van der Waals surface area contributed by atoms with Crippen molar-refractivity contribution in [3.63, 3.8) is 0 Å². The summed E-state index contributed by atoms with van der Waals surface area (Å²) in [5.41, 5.74) is 3.24. The molecular weight excluding hydrogens is 270 g/mol. The van der Waals surface area contributed by atoms with E-state index < -0.39 is 0 Å². The Bertz CT molecular complexity index is 719. The molecular formula is C14H17N5O2. The smallest absolute Gasteiger partial charge is 0.152 e. The summed E-state index contributed by atoms with van der Waals surface area (Å²) in [6.07, 6.45) is 8.86. The summed E-state index contributed by atoms with van der Waals surface area (Å²) in [5, 5.41) is 13.5. The van der Waals surface area contributed by atoms with Crippen LogP contribution in [0, 0.1) is 4.91 Å². The zero-order valence-electron chi connectivity index (χ0n) is 11.9. The highest BCUT2D eigenvalue weighted by atomic mass is 16.6. The minimum absolute atomic E-state index is 0.433. The lowest BCUT2D eigenvalue weighted by molar-refractivity contribution is 0.312. The number of nitrogens with one attached hydrogen (secondary N) is 1. The number of hydrogen-bond donors (Lipinski definition) is 2. The maximum atomic E-state index is 8.11. The van der Waals surface area contributed by atoms with Gasteiger partial charge in [-0.05, 0) is 31.0 Å². The standard InChI is InChI=1S/C14H16N4.HNO2/c1-3-10(2)18-9-11(8-17-18)12-4-6-15-14-13(12)5-7-16-14;2-1-3/h4-10H,3H2,1-2H3,(H,15,16);(H,2,3). The van der Waals surface area contributed by atoms with Crippen LogP contribution in [-0.4, -0.2) is 25.0 Å². The number of aromatic amines is 1. The number of H-pyrrole nitrogens is 1. The van der Waals surface area contributed by atoms with E-state index in [-0.39, 0.29) is 0 Å². The highest BCUT2D eigenvalue weighted by Crippen LogP contribution is 2.27. The summed E-state index contributed by atoms with van der Waals surface area (Å²) in [7, 11) is 0. The van der Waals surface area contributed by atoms with E-state index in [0.29, 0.717) is 6.04 Å². The van der Waals surface area contributed by atoms with Gasteiger partial charge in [0.2, 0.25) is 0 Å². The molecule has 3 aromatic heterocycles. The number of nitrogens with zero attached hydrogens (tertiary/aromatic N) is 4. The van der Waals surface area contributed by atoms with Gasteiger partial charge in [-0.2, -0.15) is 5.10 Å². The zero-order valence-corrected chi connectivity index (χ0v) is 11.9. The maximum absolute atomic E-state index is 8.11. The van der Waals surface area contributed by atoms with Gasteiger partial charge < -0.3 is 10.2 Å². The van der Waals surface area contributed by atoms with Crippen molar-refractivity contribution in [3.8, 4) is 11.1 Å². The molecule has 0 aliphatic rings. The predicted octanol–water partition coefficient (Wildman–Crippen LogP) is 3.54. The molecule has 0 aromatic carbocycles. The van der Waals surface area contributed by atoms with Crippen molar-refractivity contribution in [2.45, 2.75) is 26.3 Å². The van der Waals surface area contributed by atoms with Gasteiger partial charge in [0.25, 0.3) is 0 Å². The molecule has 21 heavy (non-hydrogen) atoms. The fraction of sp³-hybridized carbons (Fsp3) is 0.286. The third-order valence-corrected chi connectivity index (χ3v) is 3.42. The number of pyridine rings is 1. The van der Waals surface area contributed by atoms with Crippen molar-refractivity contribution >= 4 is 11.0 Å². The predicted molar refractivity (Wildman–Crippen MR) is 79.9 cm³/mol. The van der Waals surface area contributed by atoms with Crippen LogP contribution in [-0.2, 0) is 0 Å². The van der Waals surface area contributed by atoms with Crippen LogP contribution in [0.3, 0.4) is 0 Å². The normalized spacial score (nSPS) is 11.7. The number of aromatic nitrogens is 4. The van der Waals surface area contributed by atoms with E-state index in [9.17, 15) is 0 Å².